The topological polar surface area (TPSA) is 519 Å². The number of imide groups is 1. The van der Waals surface area contributed by atoms with E-state index in [1.807, 2.05) is 49.6 Å². The zero-order valence-electron chi connectivity index (χ0n) is 74.2. The molecule has 40 nitrogen and oxygen atoms in total. The first-order valence-corrected chi connectivity index (χ1v) is 45.3. The molecule has 1 aromatic heterocycles. The Morgan fingerprint density at radius 3 is 2.05 bits per heavy atom. The molecule has 3 fully saturated rings. The van der Waals surface area contributed by atoms with Crippen LogP contribution in [0.3, 0.4) is 0 Å². The zero-order chi connectivity index (χ0) is 93.0. The van der Waals surface area contributed by atoms with E-state index in [1.165, 1.54) is 65.5 Å². The number of hydrogen-bond donors (Lipinski definition) is 10. The van der Waals surface area contributed by atoms with E-state index in [-0.39, 0.29) is 146 Å². The molecular weight excluding hydrogens is 1700 g/mol. The second-order valence-electron chi connectivity index (χ2n) is 32.5. The minimum Gasteiger partial charge on any atom is -0.481 e. The number of carboxylic acid groups (broad SMARTS) is 1. The maximum Gasteiger partial charge on any atom is 0.421 e. The molecule has 704 valence electrons. The number of rotatable bonds is 56. The molecular formula is C85H127N15O25S2. The van der Waals surface area contributed by atoms with Gasteiger partial charge in [-0.15, -0.1) is 11.3 Å². The Bertz CT molecular complexity index is 4300. The van der Waals surface area contributed by atoms with Crippen LogP contribution in [0.2, 0.25) is 0 Å². The molecule has 3 aliphatic heterocycles. The minimum absolute atomic E-state index is 0.00881. The summed E-state index contributed by atoms with van der Waals surface area (Å²) < 4.78 is 73.9. The maximum atomic E-state index is 15.3. The summed E-state index contributed by atoms with van der Waals surface area (Å²) in [6, 6.07) is 6.65. The molecule has 11 N–H and O–H groups in total. The number of primary amides is 1. The number of fused-ring (bicyclic) bond motifs is 2. The lowest BCUT2D eigenvalue weighted by Crippen LogP contribution is -2.60. The number of nitrogens with zero attached hydrogens (tertiary/aromatic N) is 6. The Labute approximate surface area is 745 Å². The van der Waals surface area contributed by atoms with Crippen LogP contribution in [0, 0.1) is 29.6 Å². The van der Waals surface area contributed by atoms with Crippen molar-refractivity contribution in [1.29, 1.82) is 0 Å². The third-order valence-electron chi connectivity index (χ3n) is 22.8. The number of amides is 14. The molecule has 0 radical (unpaired) electrons. The summed E-state index contributed by atoms with van der Waals surface area (Å²) in [4.78, 5) is 201. The van der Waals surface area contributed by atoms with E-state index in [0.29, 0.717) is 57.1 Å². The van der Waals surface area contributed by atoms with Gasteiger partial charge >= 0.3 is 34.4 Å². The number of urea groups is 1. The highest BCUT2D eigenvalue weighted by molar-refractivity contribution is 7.88. The number of piperidine rings is 1. The molecule has 127 heavy (non-hydrogen) atoms. The smallest absolute Gasteiger partial charge is 0.421 e. The summed E-state index contributed by atoms with van der Waals surface area (Å²) in [5.74, 6) is -8.59. The highest BCUT2D eigenvalue weighted by Gasteiger charge is 2.53. The van der Waals surface area contributed by atoms with Gasteiger partial charge in [-0.05, 0) is 104 Å². The fourth-order valence-electron chi connectivity index (χ4n) is 15.9. The number of nitrogens with one attached hydrogen (secondary N) is 8. The fraction of sp³-hybridized carbons (Fsp3) is 0.635. The van der Waals surface area contributed by atoms with Crippen LogP contribution in [0.1, 0.15) is 153 Å². The summed E-state index contributed by atoms with van der Waals surface area (Å²) in [7, 11) is 1.57. The Balaban J connectivity index is 1.03. The molecule has 4 heterocycles. The Hall–Kier alpha value is -10.3. The first-order chi connectivity index (χ1) is 60.6. The van der Waals surface area contributed by atoms with Gasteiger partial charge in [0, 0.05) is 96.4 Å². The minimum atomic E-state index is -4.48. The van der Waals surface area contributed by atoms with Crippen molar-refractivity contribution in [1.82, 2.24) is 65.5 Å². The van der Waals surface area contributed by atoms with Crippen molar-refractivity contribution in [3.05, 3.63) is 94.0 Å². The highest BCUT2D eigenvalue weighted by Crippen LogP contribution is 2.43. The van der Waals surface area contributed by atoms with E-state index in [2.05, 4.69) is 41.6 Å². The first kappa shape index (κ1) is 104. The maximum absolute atomic E-state index is 15.3. The van der Waals surface area contributed by atoms with Gasteiger partial charge < -0.3 is 95.3 Å². The quantitative estimate of drug-likeness (QED) is 0.0285. The van der Waals surface area contributed by atoms with Gasteiger partial charge in [0.15, 0.2) is 0 Å². The van der Waals surface area contributed by atoms with Crippen molar-refractivity contribution in [3.8, 4) is 0 Å². The number of aliphatic carboxylic acids is 1. The lowest BCUT2D eigenvalue weighted by atomic mass is 9.89. The van der Waals surface area contributed by atoms with E-state index < -0.39 is 180 Å². The van der Waals surface area contributed by atoms with E-state index in [9.17, 15) is 66.0 Å². The molecule has 2 saturated heterocycles. The average molecular weight is 1820 g/mol. The van der Waals surface area contributed by atoms with E-state index in [0.717, 1.165) is 27.6 Å². The normalized spacial score (nSPS) is 18.1. The number of nitrogens with two attached hydrogens (primary N) is 1. The molecule has 0 spiro atoms. The van der Waals surface area contributed by atoms with Crippen LogP contribution in [0.25, 0.3) is 0 Å². The lowest BCUT2D eigenvalue weighted by molar-refractivity contribution is -0.148. The SMILES string of the molecule is CC[C@H](C)[C@@H]([C@@H](CC(=O)N1CCC[C@H]1[C@H](OC)[C@@H](C)C(=O)N[C@@H](Cc1ccccc1)c1nccs1)OC)N(C)C(=O)[C@@H](NC(=O)[C@@H]1[C@H]2CC[C@H](C2)N1C(=O)OCc1ccc(NC(=O)[C@H](CCCNC(N)=O)NC(=O)[C@@H](NC(=O)CCOCCN2C(=O)C=CC2=O)C(C)C)cc1CN(C)C(=O)CCOC(=O)NS(=O)(=O)NCCOCCOCCOCCC(=O)O)C(C)C. The number of benzene rings is 2. The number of anilines is 1. The van der Waals surface area contributed by atoms with Crippen molar-refractivity contribution >= 4 is 110 Å². The molecule has 4 aliphatic rings. The number of aromatic nitrogens is 1. The third kappa shape index (κ3) is 32.4. The van der Waals surface area contributed by atoms with Crippen LogP contribution in [-0.4, -0.2) is 295 Å². The largest absolute Gasteiger partial charge is 0.481 e. The van der Waals surface area contributed by atoms with Crippen LogP contribution >= 0.6 is 11.3 Å². The number of thiazole rings is 1. The second-order valence-corrected chi connectivity index (χ2v) is 34.9. The number of hydrogen-bond acceptors (Lipinski definition) is 26. The molecule has 14 amide bonds. The molecule has 3 aromatic rings. The Kier molecular flexibility index (Phi) is 42.6. The number of carboxylic acids is 1. The summed E-state index contributed by atoms with van der Waals surface area (Å²) in [6.07, 6.45) is 3.08. The Morgan fingerprint density at radius 2 is 1.40 bits per heavy atom. The number of likely N-dealkylation sites (N-methyl/N-ethyl adjacent to an activating group) is 1. The van der Waals surface area contributed by atoms with Gasteiger partial charge in [-0.2, -0.15) is 13.1 Å². The van der Waals surface area contributed by atoms with E-state index >= 15 is 9.59 Å². The standard InChI is InChI=1S/C85H127N15O25S2/c1-12-54(6)74(65(118-10)49-70(105)98-34-17-21-64(98)76(119-11)55(7)77(108)92-63(81-87-33-45-126-81)46-56-18-14-13-15-19-56)97(9)82(112)73(53(4)5)94-80(111)75-57-23-25-61(48-57)100(75)85(115)125-51-58-22-24-60(47-59(58)50-96(8)67(102)29-38-124-84(114)95-127(116,117)89-32-39-122-42-44-123-43-41-121-37-30-71(106)107)90-78(109)62(20-16-31-88-83(86)113)91-79(110)72(52(2)3)93-66(101)28-36-120-40-35-99-68(103)26-27-69(99)104/h13-15,18-19,22,24,26-27,33,45,47,52-55,57,61-65,72-76,89H,12,16-17,20-21,23,25,28-32,34-44,46,48-51H2,1-11H3,(H,90,109)(H,91,110)(H,92,108)(H,93,101)(H,94,111)(H,95,114)(H,106,107)(H3,86,88,113)/t54-,55+,57-,61+,62-,63-,64-,65+,72-,73-,74-,75-,76+/m0/s1. The third-order valence-corrected chi connectivity index (χ3v) is 24.7. The monoisotopic (exact) mass is 1820 g/mol. The van der Waals surface area contributed by atoms with Crippen LogP contribution in [-0.2, 0) is 120 Å². The summed E-state index contributed by atoms with van der Waals surface area (Å²) in [6.45, 7) is 11.6. The zero-order valence-corrected chi connectivity index (χ0v) is 75.8. The number of methoxy groups -OCH3 is 2. The van der Waals surface area contributed by atoms with Crippen molar-refractivity contribution in [2.75, 3.05) is 119 Å². The van der Waals surface area contributed by atoms with Crippen molar-refractivity contribution < 1.29 is 119 Å². The number of likely N-dealkylation sites (tertiary alicyclic amines) is 2. The van der Waals surface area contributed by atoms with E-state index in [1.54, 1.807) is 57.5 Å². The van der Waals surface area contributed by atoms with Gasteiger partial charge in [0.2, 0.25) is 47.3 Å². The number of ether oxygens (including phenoxy) is 8. The molecule has 0 unspecified atom stereocenters. The first-order valence-electron chi connectivity index (χ1n) is 43.0. The predicted molar refractivity (Wildman–Crippen MR) is 462 cm³/mol. The highest BCUT2D eigenvalue weighted by atomic mass is 32.2. The second kappa shape index (κ2) is 52.2. The van der Waals surface area contributed by atoms with Gasteiger partial charge in [0.05, 0.1) is 115 Å². The van der Waals surface area contributed by atoms with Crippen LogP contribution in [0.4, 0.5) is 20.1 Å². The van der Waals surface area contributed by atoms with Crippen molar-refractivity contribution in [3.63, 3.8) is 0 Å². The summed E-state index contributed by atoms with van der Waals surface area (Å²) in [5.41, 5.74) is 7.03. The number of carbonyl (C=O) groups is 14. The Morgan fingerprint density at radius 1 is 0.724 bits per heavy atom. The van der Waals surface area contributed by atoms with Crippen LogP contribution in [0.5, 0.6) is 0 Å². The van der Waals surface area contributed by atoms with Gasteiger partial charge in [-0.25, -0.2) is 24.1 Å². The molecule has 1 saturated carbocycles. The molecule has 2 aromatic carbocycles. The summed E-state index contributed by atoms with van der Waals surface area (Å²) >= 11 is 1.45. The lowest BCUT2D eigenvalue weighted by Gasteiger charge is -2.41. The average Bonchev–Trinajstić information content (AvgIpc) is 1.61. The van der Waals surface area contributed by atoms with Gasteiger partial charge in [0.25, 0.3) is 11.8 Å². The molecule has 42 heteroatoms. The van der Waals surface area contributed by atoms with Crippen molar-refractivity contribution in [2.45, 2.75) is 206 Å². The molecule has 2 bridgehead atoms. The number of carbonyl (C=O) groups excluding carboxylic acids is 13. The molecule has 1 aliphatic carbocycles. The van der Waals surface area contributed by atoms with Gasteiger partial charge in [0.1, 0.15) is 42.4 Å². The van der Waals surface area contributed by atoms with Crippen LogP contribution < -0.4 is 47.1 Å². The predicted octanol–water partition coefficient (Wildman–Crippen LogP) is 3.57. The van der Waals surface area contributed by atoms with E-state index in [4.69, 9.17) is 48.7 Å². The fourth-order valence-corrected chi connectivity index (χ4v) is 17.2. The van der Waals surface area contributed by atoms with Crippen LogP contribution in [0.15, 0.2) is 72.3 Å². The van der Waals surface area contributed by atoms with Crippen molar-refractivity contribution in [2.24, 2.45) is 35.3 Å². The van der Waals surface area contributed by atoms with Gasteiger partial charge in [-0.3, -0.25) is 62.5 Å². The van der Waals surface area contributed by atoms with Gasteiger partial charge in [-0.1, -0.05) is 91.3 Å². The summed E-state index contributed by atoms with van der Waals surface area (Å²) in [5, 5.41) is 28.2. The molecule has 13 atom stereocenters. The molecule has 7 rings (SSSR count).